The molecule has 1 aromatic heterocycles. The van der Waals surface area contributed by atoms with E-state index in [1.54, 1.807) is 0 Å². The van der Waals surface area contributed by atoms with Crippen LogP contribution in [0.3, 0.4) is 0 Å². The van der Waals surface area contributed by atoms with E-state index in [0.29, 0.717) is 0 Å². The Bertz CT molecular complexity index is 679. The summed E-state index contributed by atoms with van der Waals surface area (Å²) in [6.07, 6.45) is 17.0. The number of nitrogens with zero attached hydrogens (tertiary/aromatic N) is 2. The molecular formula is C25H36N2O. The van der Waals surface area contributed by atoms with Crippen LogP contribution >= 0.6 is 0 Å². The number of hydrogen-bond donors (Lipinski definition) is 0. The SMILES string of the molecule is CCCc1cnc(-c2ccc(OCCCC3CCCCC3CCC)cc2)nc1. The standard InChI is InChI=1S/C25H36N2O/c1-3-8-20-18-26-25(27-19-20)23-13-15-24(16-14-23)28-17-7-12-22-11-6-5-10-21(22)9-4-2/h13-16,18-19,21-22H,3-12,17H2,1-2H3. The molecule has 3 nitrogen and oxygen atoms in total. The molecular weight excluding hydrogens is 344 g/mol. The molecule has 0 bridgehead atoms. The first-order valence-electron chi connectivity index (χ1n) is 11.3. The second-order valence-corrected chi connectivity index (χ2v) is 8.27. The van der Waals surface area contributed by atoms with Crippen molar-refractivity contribution in [1.82, 2.24) is 9.97 Å². The summed E-state index contributed by atoms with van der Waals surface area (Å²) in [5.41, 5.74) is 2.24. The molecule has 1 saturated carbocycles. The molecule has 2 atom stereocenters. The lowest BCUT2D eigenvalue weighted by Gasteiger charge is -2.31. The van der Waals surface area contributed by atoms with Crippen molar-refractivity contribution in [2.45, 2.75) is 78.1 Å². The van der Waals surface area contributed by atoms with Crippen LogP contribution in [-0.2, 0) is 6.42 Å². The average molecular weight is 381 g/mol. The fraction of sp³-hybridized carbons (Fsp3) is 0.600. The second-order valence-electron chi connectivity index (χ2n) is 8.27. The molecule has 0 spiro atoms. The lowest BCUT2D eigenvalue weighted by molar-refractivity contribution is 0.193. The average Bonchev–Trinajstić information content (AvgIpc) is 2.74. The maximum atomic E-state index is 5.99. The van der Waals surface area contributed by atoms with Crippen LogP contribution in [0.5, 0.6) is 5.75 Å². The Kier molecular flexibility index (Phi) is 8.32. The van der Waals surface area contributed by atoms with Crippen molar-refractivity contribution in [3.63, 3.8) is 0 Å². The van der Waals surface area contributed by atoms with Gasteiger partial charge in [0, 0.05) is 18.0 Å². The van der Waals surface area contributed by atoms with Crippen molar-refractivity contribution in [2.24, 2.45) is 11.8 Å². The van der Waals surface area contributed by atoms with Gasteiger partial charge in [0.1, 0.15) is 5.75 Å². The highest BCUT2D eigenvalue weighted by atomic mass is 16.5. The molecule has 3 rings (SSSR count). The molecule has 1 heterocycles. The van der Waals surface area contributed by atoms with E-state index in [1.807, 2.05) is 24.5 Å². The van der Waals surface area contributed by atoms with Crippen molar-refractivity contribution in [3.8, 4) is 17.1 Å². The fourth-order valence-corrected chi connectivity index (χ4v) is 4.57. The predicted octanol–water partition coefficient (Wildman–Crippen LogP) is 6.86. The topological polar surface area (TPSA) is 35.0 Å². The lowest BCUT2D eigenvalue weighted by Crippen LogP contribution is -2.20. The summed E-state index contributed by atoms with van der Waals surface area (Å²) in [4.78, 5) is 8.99. The lowest BCUT2D eigenvalue weighted by atomic mass is 9.75. The third-order valence-electron chi connectivity index (χ3n) is 6.07. The van der Waals surface area contributed by atoms with E-state index in [1.165, 1.54) is 50.5 Å². The normalized spacial score (nSPS) is 19.5. The minimum Gasteiger partial charge on any atom is -0.494 e. The first-order valence-corrected chi connectivity index (χ1v) is 11.3. The third-order valence-corrected chi connectivity index (χ3v) is 6.07. The van der Waals surface area contributed by atoms with E-state index in [2.05, 4.69) is 35.9 Å². The van der Waals surface area contributed by atoms with Crippen molar-refractivity contribution in [2.75, 3.05) is 6.61 Å². The highest BCUT2D eigenvalue weighted by molar-refractivity contribution is 5.55. The molecule has 1 aromatic carbocycles. The van der Waals surface area contributed by atoms with Gasteiger partial charge in [0.2, 0.25) is 0 Å². The van der Waals surface area contributed by atoms with Crippen LogP contribution in [0.2, 0.25) is 0 Å². The minimum absolute atomic E-state index is 0.783. The number of rotatable bonds is 10. The number of ether oxygens (including phenoxy) is 1. The summed E-state index contributed by atoms with van der Waals surface area (Å²) < 4.78 is 5.99. The monoisotopic (exact) mass is 380 g/mol. The number of aromatic nitrogens is 2. The predicted molar refractivity (Wildman–Crippen MR) is 117 cm³/mol. The molecule has 0 saturated heterocycles. The molecule has 0 amide bonds. The van der Waals surface area contributed by atoms with Gasteiger partial charge >= 0.3 is 0 Å². The van der Waals surface area contributed by atoms with Crippen LogP contribution in [-0.4, -0.2) is 16.6 Å². The van der Waals surface area contributed by atoms with Crippen LogP contribution in [0.15, 0.2) is 36.7 Å². The van der Waals surface area contributed by atoms with Gasteiger partial charge in [-0.3, -0.25) is 0 Å². The third kappa shape index (κ3) is 6.05. The van der Waals surface area contributed by atoms with E-state index in [4.69, 9.17) is 4.74 Å². The number of aryl methyl sites for hydroxylation is 1. The van der Waals surface area contributed by atoms with E-state index < -0.39 is 0 Å². The zero-order valence-corrected chi connectivity index (χ0v) is 17.7. The quantitative estimate of drug-likeness (QED) is 0.422. The fourth-order valence-electron chi connectivity index (χ4n) is 4.57. The van der Waals surface area contributed by atoms with E-state index in [0.717, 1.165) is 54.8 Å². The van der Waals surface area contributed by atoms with Gasteiger partial charge in [0.25, 0.3) is 0 Å². The summed E-state index contributed by atoms with van der Waals surface area (Å²) in [5.74, 6) is 3.61. The van der Waals surface area contributed by atoms with Gasteiger partial charge < -0.3 is 4.74 Å². The summed E-state index contributed by atoms with van der Waals surface area (Å²) in [7, 11) is 0. The summed E-state index contributed by atoms with van der Waals surface area (Å²) >= 11 is 0. The van der Waals surface area contributed by atoms with Crippen LogP contribution < -0.4 is 4.74 Å². The van der Waals surface area contributed by atoms with Crippen LogP contribution in [0.25, 0.3) is 11.4 Å². The maximum Gasteiger partial charge on any atom is 0.159 e. The molecule has 0 radical (unpaired) electrons. The van der Waals surface area contributed by atoms with Crippen LogP contribution in [0.1, 0.15) is 77.2 Å². The molecule has 1 aliphatic carbocycles. The van der Waals surface area contributed by atoms with Crippen molar-refractivity contribution in [1.29, 1.82) is 0 Å². The van der Waals surface area contributed by atoms with Gasteiger partial charge in [-0.25, -0.2) is 9.97 Å². The molecule has 3 heteroatoms. The Labute approximate surface area is 171 Å². The Hall–Kier alpha value is -1.90. The molecule has 2 aromatic rings. The summed E-state index contributed by atoms with van der Waals surface area (Å²) in [6.45, 7) is 5.31. The first-order chi connectivity index (χ1) is 13.8. The van der Waals surface area contributed by atoms with Gasteiger partial charge in [-0.1, -0.05) is 58.8 Å². The molecule has 152 valence electrons. The minimum atomic E-state index is 0.783. The van der Waals surface area contributed by atoms with Crippen LogP contribution in [0.4, 0.5) is 0 Å². The zero-order chi connectivity index (χ0) is 19.6. The summed E-state index contributed by atoms with van der Waals surface area (Å²) in [5, 5.41) is 0. The Morgan fingerprint density at radius 1 is 0.893 bits per heavy atom. The van der Waals surface area contributed by atoms with Gasteiger partial charge in [-0.15, -0.1) is 0 Å². The van der Waals surface area contributed by atoms with Crippen molar-refractivity contribution < 1.29 is 4.74 Å². The second kappa shape index (κ2) is 11.2. The largest absolute Gasteiger partial charge is 0.494 e. The van der Waals surface area contributed by atoms with Gasteiger partial charge in [0.15, 0.2) is 5.82 Å². The molecule has 0 aliphatic heterocycles. The van der Waals surface area contributed by atoms with Crippen molar-refractivity contribution in [3.05, 3.63) is 42.2 Å². The maximum absolute atomic E-state index is 5.99. The number of hydrogen-bond acceptors (Lipinski definition) is 3. The molecule has 1 fully saturated rings. The zero-order valence-electron chi connectivity index (χ0n) is 17.7. The Morgan fingerprint density at radius 2 is 1.57 bits per heavy atom. The van der Waals surface area contributed by atoms with E-state index in [-0.39, 0.29) is 0 Å². The smallest absolute Gasteiger partial charge is 0.159 e. The van der Waals surface area contributed by atoms with Gasteiger partial charge in [0.05, 0.1) is 6.61 Å². The van der Waals surface area contributed by atoms with E-state index in [9.17, 15) is 0 Å². The summed E-state index contributed by atoms with van der Waals surface area (Å²) in [6, 6.07) is 8.20. The van der Waals surface area contributed by atoms with Gasteiger partial charge in [-0.2, -0.15) is 0 Å². The van der Waals surface area contributed by atoms with Crippen molar-refractivity contribution >= 4 is 0 Å². The van der Waals surface area contributed by atoms with E-state index >= 15 is 0 Å². The Balaban J connectivity index is 1.44. The Morgan fingerprint density at radius 3 is 2.21 bits per heavy atom. The molecule has 2 unspecified atom stereocenters. The molecule has 0 N–H and O–H groups in total. The highest BCUT2D eigenvalue weighted by Crippen LogP contribution is 2.36. The van der Waals surface area contributed by atoms with Gasteiger partial charge in [-0.05, 0) is 60.9 Å². The van der Waals surface area contributed by atoms with Crippen LogP contribution in [0, 0.1) is 11.8 Å². The molecule has 1 aliphatic rings. The molecule has 28 heavy (non-hydrogen) atoms. The number of benzene rings is 1. The first kappa shape index (κ1) is 20.8. The highest BCUT2D eigenvalue weighted by Gasteiger charge is 2.23.